The van der Waals surface area contributed by atoms with E-state index in [0.717, 1.165) is 18.8 Å². The molecule has 2 heteroatoms. The first-order chi connectivity index (χ1) is 9.90. The van der Waals surface area contributed by atoms with Crippen molar-refractivity contribution in [2.24, 2.45) is 0 Å². The van der Waals surface area contributed by atoms with Crippen LogP contribution in [-0.2, 0) is 13.1 Å². The Morgan fingerprint density at radius 2 is 1.40 bits per heavy atom. The number of benzene rings is 2. The molecule has 20 heavy (non-hydrogen) atoms. The molecule has 2 nitrogen and oxygen atoms in total. The Morgan fingerprint density at radius 1 is 0.750 bits per heavy atom. The summed E-state index contributed by atoms with van der Waals surface area (Å²) in [5.41, 5.74) is 3.77. The van der Waals surface area contributed by atoms with E-state index in [9.17, 15) is 0 Å². The number of rotatable bonds is 5. The summed E-state index contributed by atoms with van der Waals surface area (Å²) in [5, 5.41) is 3.45. The van der Waals surface area contributed by atoms with Crippen LogP contribution in [0.5, 0.6) is 0 Å². The molecule has 0 unspecified atom stereocenters. The smallest absolute Gasteiger partial charge is 0.0522 e. The maximum Gasteiger partial charge on any atom is 0.0522 e. The van der Waals surface area contributed by atoms with Crippen molar-refractivity contribution in [1.29, 1.82) is 0 Å². The first-order valence-corrected chi connectivity index (χ1v) is 6.88. The standard InChI is InChI=1S/C18H18N2/c1-3-7-16(8-4-1)13-19-18-11-12-20(15-18)14-17-9-5-2-6-10-17/h1-12,15,19H,13-14H2. The summed E-state index contributed by atoms with van der Waals surface area (Å²) in [6.45, 7) is 1.77. The highest BCUT2D eigenvalue weighted by Crippen LogP contribution is 2.12. The molecule has 1 N–H and O–H groups in total. The van der Waals surface area contributed by atoms with E-state index in [-0.39, 0.29) is 0 Å². The normalized spacial score (nSPS) is 10.4. The van der Waals surface area contributed by atoms with Crippen molar-refractivity contribution in [3.05, 3.63) is 90.3 Å². The van der Waals surface area contributed by atoms with E-state index >= 15 is 0 Å². The summed E-state index contributed by atoms with van der Waals surface area (Å²) in [7, 11) is 0. The molecular weight excluding hydrogens is 244 g/mol. The highest BCUT2D eigenvalue weighted by Gasteiger charge is 1.98. The Kier molecular flexibility index (Phi) is 3.83. The molecule has 0 fully saturated rings. The second-order valence-electron chi connectivity index (χ2n) is 4.90. The fraction of sp³-hybridized carbons (Fsp3) is 0.111. The fourth-order valence-corrected chi connectivity index (χ4v) is 2.24. The van der Waals surface area contributed by atoms with E-state index in [1.807, 2.05) is 12.1 Å². The lowest BCUT2D eigenvalue weighted by atomic mass is 10.2. The second kappa shape index (κ2) is 6.11. The van der Waals surface area contributed by atoms with Crippen molar-refractivity contribution in [3.63, 3.8) is 0 Å². The minimum Gasteiger partial charge on any atom is -0.380 e. The number of anilines is 1. The lowest BCUT2D eigenvalue weighted by Gasteiger charge is -2.05. The van der Waals surface area contributed by atoms with Crippen molar-refractivity contribution in [2.75, 3.05) is 5.32 Å². The summed E-state index contributed by atoms with van der Waals surface area (Å²) in [6, 6.07) is 23.1. The molecule has 0 aliphatic carbocycles. The monoisotopic (exact) mass is 262 g/mol. The molecule has 0 saturated carbocycles. The van der Waals surface area contributed by atoms with Gasteiger partial charge in [-0.3, -0.25) is 0 Å². The van der Waals surface area contributed by atoms with Gasteiger partial charge in [-0.2, -0.15) is 0 Å². The van der Waals surface area contributed by atoms with Crippen LogP contribution in [0.3, 0.4) is 0 Å². The van der Waals surface area contributed by atoms with Gasteiger partial charge in [-0.1, -0.05) is 60.7 Å². The molecule has 3 rings (SSSR count). The molecule has 1 heterocycles. The second-order valence-corrected chi connectivity index (χ2v) is 4.90. The van der Waals surface area contributed by atoms with Crippen molar-refractivity contribution < 1.29 is 0 Å². The molecule has 1 aromatic heterocycles. The van der Waals surface area contributed by atoms with Crippen LogP contribution >= 0.6 is 0 Å². The molecule has 100 valence electrons. The minimum absolute atomic E-state index is 0.857. The zero-order chi connectivity index (χ0) is 13.6. The Hall–Kier alpha value is -2.48. The zero-order valence-electron chi connectivity index (χ0n) is 11.4. The maximum atomic E-state index is 3.45. The minimum atomic E-state index is 0.857. The number of hydrogen-bond acceptors (Lipinski definition) is 1. The predicted molar refractivity (Wildman–Crippen MR) is 83.7 cm³/mol. The third-order valence-electron chi connectivity index (χ3n) is 3.30. The van der Waals surface area contributed by atoms with Crippen LogP contribution in [0.15, 0.2) is 79.1 Å². The summed E-state index contributed by atoms with van der Waals surface area (Å²) in [6.07, 6.45) is 4.26. The Labute approximate surface area is 119 Å². The zero-order valence-corrected chi connectivity index (χ0v) is 11.4. The van der Waals surface area contributed by atoms with Gasteiger partial charge in [0.25, 0.3) is 0 Å². The van der Waals surface area contributed by atoms with Gasteiger partial charge in [0.15, 0.2) is 0 Å². The van der Waals surface area contributed by atoms with Gasteiger partial charge < -0.3 is 9.88 Å². The summed E-state index contributed by atoms with van der Waals surface area (Å²) >= 11 is 0. The topological polar surface area (TPSA) is 17.0 Å². The molecule has 0 bridgehead atoms. The van der Waals surface area contributed by atoms with Crippen LogP contribution < -0.4 is 5.32 Å². The van der Waals surface area contributed by atoms with Crippen LogP contribution in [0.4, 0.5) is 5.69 Å². The largest absolute Gasteiger partial charge is 0.380 e. The van der Waals surface area contributed by atoms with Crippen LogP contribution in [0.2, 0.25) is 0 Å². The molecule has 0 spiro atoms. The third kappa shape index (κ3) is 3.29. The summed E-state index contributed by atoms with van der Waals surface area (Å²) in [4.78, 5) is 0. The molecule has 0 aliphatic rings. The van der Waals surface area contributed by atoms with Crippen molar-refractivity contribution in [1.82, 2.24) is 4.57 Å². The van der Waals surface area contributed by atoms with E-state index in [0.29, 0.717) is 0 Å². The third-order valence-corrected chi connectivity index (χ3v) is 3.30. The molecule has 2 aromatic carbocycles. The Bertz CT molecular complexity index is 641. The number of nitrogens with zero attached hydrogens (tertiary/aromatic N) is 1. The number of aromatic nitrogens is 1. The maximum absolute atomic E-state index is 3.45. The van der Waals surface area contributed by atoms with Crippen LogP contribution in [-0.4, -0.2) is 4.57 Å². The van der Waals surface area contributed by atoms with Gasteiger partial charge in [-0.05, 0) is 17.2 Å². The van der Waals surface area contributed by atoms with Gasteiger partial charge in [0.05, 0.1) is 5.69 Å². The van der Waals surface area contributed by atoms with Crippen molar-refractivity contribution >= 4 is 5.69 Å². The SMILES string of the molecule is c1ccc(CNc2ccn(Cc3ccccc3)c2)cc1. The van der Waals surface area contributed by atoms with Gasteiger partial charge in [0.1, 0.15) is 0 Å². The van der Waals surface area contributed by atoms with Crippen LogP contribution in [0, 0.1) is 0 Å². The first-order valence-electron chi connectivity index (χ1n) is 6.88. The first kappa shape index (κ1) is 12.5. The Balaban J connectivity index is 1.60. The average Bonchev–Trinajstić information content (AvgIpc) is 2.95. The lowest BCUT2D eigenvalue weighted by molar-refractivity contribution is 0.806. The lowest BCUT2D eigenvalue weighted by Crippen LogP contribution is -1.99. The highest BCUT2D eigenvalue weighted by atomic mass is 15.0. The molecule has 0 atom stereocenters. The van der Waals surface area contributed by atoms with Crippen LogP contribution in [0.25, 0.3) is 0 Å². The molecule has 0 saturated heterocycles. The van der Waals surface area contributed by atoms with Gasteiger partial charge >= 0.3 is 0 Å². The van der Waals surface area contributed by atoms with E-state index in [1.54, 1.807) is 0 Å². The van der Waals surface area contributed by atoms with Crippen molar-refractivity contribution in [3.8, 4) is 0 Å². The summed E-state index contributed by atoms with van der Waals surface area (Å²) < 4.78 is 2.20. The molecule has 0 amide bonds. The quantitative estimate of drug-likeness (QED) is 0.731. The van der Waals surface area contributed by atoms with E-state index < -0.39 is 0 Å². The highest BCUT2D eigenvalue weighted by molar-refractivity contribution is 5.42. The number of hydrogen-bond donors (Lipinski definition) is 1. The van der Waals surface area contributed by atoms with Gasteiger partial charge in [-0.15, -0.1) is 0 Å². The Morgan fingerprint density at radius 3 is 2.10 bits per heavy atom. The van der Waals surface area contributed by atoms with E-state index in [4.69, 9.17) is 0 Å². The molecular formula is C18H18N2. The van der Waals surface area contributed by atoms with E-state index in [2.05, 4.69) is 76.9 Å². The summed E-state index contributed by atoms with van der Waals surface area (Å²) in [5.74, 6) is 0. The van der Waals surface area contributed by atoms with Gasteiger partial charge in [-0.25, -0.2) is 0 Å². The predicted octanol–water partition coefficient (Wildman–Crippen LogP) is 4.15. The van der Waals surface area contributed by atoms with Gasteiger partial charge in [0.2, 0.25) is 0 Å². The molecule has 0 aliphatic heterocycles. The van der Waals surface area contributed by atoms with E-state index in [1.165, 1.54) is 11.1 Å². The molecule has 0 radical (unpaired) electrons. The van der Waals surface area contributed by atoms with Crippen LogP contribution in [0.1, 0.15) is 11.1 Å². The van der Waals surface area contributed by atoms with Crippen molar-refractivity contribution in [2.45, 2.75) is 13.1 Å². The molecule has 3 aromatic rings. The fourth-order valence-electron chi connectivity index (χ4n) is 2.24. The average molecular weight is 262 g/mol. The van der Waals surface area contributed by atoms with Gasteiger partial charge in [0, 0.05) is 25.5 Å². The number of nitrogens with one attached hydrogen (secondary N) is 1.